The lowest BCUT2D eigenvalue weighted by Gasteiger charge is -2.20. The lowest BCUT2D eigenvalue weighted by molar-refractivity contribution is 0.0691. The zero-order valence-electron chi connectivity index (χ0n) is 10.5. The molecule has 1 fully saturated rings. The highest BCUT2D eigenvalue weighted by molar-refractivity contribution is 6.33. The van der Waals surface area contributed by atoms with Gasteiger partial charge in [0.25, 0.3) is 0 Å². The SMILES string of the molecule is CC(C)C1(CNc2ccc(Cl)c(C(=O)O)n2)CC1. The maximum atomic E-state index is 10.9. The molecule has 0 amide bonds. The standard InChI is InChI=1S/C13H17ClN2O2/c1-8(2)13(5-6-13)7-15-10-4-3-9(14)11(16-10)12(17)18/h3-4,8H,5-7H2,1-2H3,(H,15,16)(H,17,18). The molecule has 1 heterocycles. The summed E-state index contributed by atoms with van der Waals surface area (Å²) in [4.78, 5) is 14.9. The molecule has 5 heteroatoms. The van der Waals surface area contributed by atoms with E-state index in [1.54, 1.807) is 12.1 Å². The predicted octanol–water partition coefficient (Wildman–Crippen LogP) is 3.28. The van der Waals surface area contributed by atoms with Crippen molar-refractivity contribution >= 4 is 23.4 Å². The molecule has 0 atom stereocenters. The highest BCUT2D eigenvalue weighted by atomic mass is 35.5. The Morgan fingerprint density at radius 1 is 1.56 bits per heavy atom. The number of nitrogens with zero attached hydrogens (tertiary/aromatic N) is 1. The summed E-state index contributed by atoms with van der Waals surface area (Å²) in [7, 11) is 0. The van der Waals surface area contributed by atoms with Crippen molar-refractivity contribution in [2.24, 2.45) is 11.3 Å². The number of carboxylic acids is 1. The molecule has 98 valence electrons. The van der Waals surface area contributed by atoms with E-state index in [9.17, 15) is 4.79 Å². The first-order valence-electron chi connectivity index (χ1n) is 6.08. The number of carboxylic acid groups (broad SMARTS) is 1. The zero-order chi connectivity index (χ0) is 13.3. The van der Waals surface area contributed by atoms with Crippen LogP contribution in [0.4, 0.5) is 5.82 Å². The van der Waals surface area contributed by atoms with Gasteiger partial charge in [0.15, 0.2) is 5.69 Å². The van der Waals surface area contributed by atoms with Crippen LogP contribution in [0.25, 0.3) is 0 Å². The van der Waals surface area contributed by atoms with Crippen molar-refractivity contribution in [2.45, 2.75) is 26.7 Å². The summed E-state index contributed by atoms with van der Waals surface area (Å²) < 4.78 is 0. The highest BCUT2D eigenvalue weighted by Gasteiger charge is 2.44. The van der Waals surface area contributed by atoms with Crippen molar-refractivity contribution in [3.8, 4) is 0 Å². The van der Waals surface area contributed by atoms with Crippen LogP contribution in [-0.2, 0) is 0 Å². The van der Waals surface area contributed by atoms with Gasteiger partial charge in [-0.05, 0) is 36.3 Å². The summed E-state index contributed by atoms with van der Waals surface area (Å²) >= 11 is 5.77. The van der Waals surface area contributed by atoms with E-state index < -0.39 is 5.97 Å². The summed E-state index contributed by atoms with van der Waals surface area (Å²) in [6, 6.07) is 3.28. The van der Waals surface area contributed by atoms with Crippen molar-refractivity contribution in [3.63, 3.8) is 0 Å². The Hall–Kier alpha value is -1.29. The molecule has 0 aromatic carbocycles. The molecule has 2 rings (SSSR count). The molecular formula is C13H17ClN2O2. The average Bonchev–Trinajstić information content (AvgIpc) is 3.08. The lowest BCUT2D eigenvalue weighted by Crippen LogP contribution is -2.21. The smallest absolute Gasteiger partial charge is 0.356 e. The molecule has 0 radical (unpaired) electrons. The normalized spacial score (nSPS) is 16.7. The Balaban J connectivity index is 2.06. The second kappa shape index (κ2) is 4.76. The highest BCUT2D eigenvalue weighted by Crippen LogP contribution is 2.51. The van der Waals surface area contributed by atoms with Crippen molar-refractivity contribution in [2.75, 3.05) is 11.9 Å². The van der Waals surface area contributed by atoms with E-state index >= 15 is 0 Å². The van der Waals surface area contributed by atoms with E-state index in [4.69, 9.17) is 16.7 Å². The number of nitrogens with one attached hydrogen (secondary N) is 1. The van der Waals surface area contributed by atoms with E-state index in [1.807, 2.05) is 0 Å². The zero-order valence-corrected chi connectivity index (χ0v) is 11.3. The quantitative estimate of drug-likeness (QED) is 0.860. The Bertz CT molecular complexity index is 470. The molecule has 1 aromatic rings. The number of rotatable bonds is 5. The summed E-state index contributed by atoms with van der Waals surface area (Å²) in [5, 5.41) is 12.3. The number of hydrogen-bond acceptors (Lipinski definition) is 3. The number of pyridine rings is 1. The van der Waals surface area contributed by atoms with Gasteiger partial charge in [0.05, 0.1) is 5.02 Å². The molecule has 0 bridgehead atoms. The third-order valence-corrected chi connectivity index (χ3v) is 4.09. The Kier molecular flexibility index (Phi) is 3.48. The summed E-state index contributed by atoms with van der Waals surface area (Å²) in [5.74, 6) is 0.0913. The molecular weight excluding hydrogens is 252 g/mol. The number of aromatic carboxylic acids is 1. The van der Waals surface area contributed by atoms with Gasteiger partial charge in [-0.2, -0.15) is 0 Å². The third kappa shape index (κ3) is 2.58. The molecule has 0 aliphatic heterocycles. The van der Waals surface area contributed by atoms with Crippen LogP contribution in [0.1, 0.15) is 37.2 Å². The number of carbonyl (C=O) groups is 1. The van der Waals surface area contributed by atoms with Gasteiger partial charge in [-0.25, -0.2) is 9.78 Å². The summed E-state index contributed by atoms with van der Waals surface area (Å²) in [5.41, 5.74) is 0.251. The molecule has 1 aliphatic rings. The van der Waals surface area contributed by atoms with Crippen LogP contribution in [-0.4, -0.2) is 22.6 Å². The first-order chi connectivity index (χ1) is 8.44. The fourth-order valence-corrected chi connectivity index (χ4v) is 2.26. The predicted molar refractivity (Wildman–Crippen MR) is 71.2 cm³/mol. The summed E-state index contributed by atoms with van der Waals surface area (Å²) in [6.45, 7) is 5.26. The van der Waals surface area contributed by atoms with Crippen molar-refractivity contribution in [3.05, 3.63) is 22.8 Å². The molecule has 0 spiro atoms. The largest absolute Gasteiger partial charge is 0.476 e. The molecule has 1 aromatic heterocycles. The van der Waals surface area contributed by atoms with E-state index in [2.05, 4.69) is 24.1 Å². The monoisotopic (exact) mass is 268 g/mol. The number of halogens is 1. The molecule has 18 heavy (non-hydrogen) atoms. The van der Waals surface area contributed by atoms with Gasteiger partial charge in [-0.1, -0.05) is 25.4 Å². The van der Waals surface area contributed by atoms with Gasteiger partial charge >= 0.3 is 5.97 Å². The third-order valence-electron chi connectivity index (χ3n) is 3.79. The van der Waals surface area contributed by atoms with Crippen LogP contribution in [0.15, 0.2) is 12.1 Å². The van der Waals surface area contributed by atoms with Crippen LogP contribution in [0.3, 0.4) is 0 Å². The molecule has 2 N–H and O–H groups in total. The van der Waals surface area contributed by atoms with E-state index in [0.29, 0.717) is 17.2 Å². The number of aromatic nitrogens is 1. The molecule has 4 nitrogen and oxygen atoms in total. The average molecular weight is 269 g/mol. The maximum absolute atomic E-state index is 10.9. The first kappa shape index (κ1) is 13.1. The fraction of sp³-hybridized carbons (Fsp3) is 0.538. The maximum Gasteiger partial charge on any atom is 0.356 e. The van der Waals surface area contributed by atoms with E-state index in [-0.39, 0.29) is 10.7 Å². The van der Waals surface area contributed by atoms with Crippen LogP contribution in [0, 0.1) is 11.3 Å². The van der Waals surface area contributed by atoms with Crippen LogP contribution in [0.2, 0.25) is 5.02 Å². The van der Waals surface area contributed by atoms with Gasteiger partial charge in [0.1, 0.15) is 5.82 Å². The topological polar surface area (TPSA) is 62.2 Å². The second-order valence-electron chi connectivity index (χ2n) is 5.20. The van der Waals surface area contributed by atoms with Crippen LogP contribution in [0.5, 0.6) is 0 Å². The van der Waals surface area contributed by atoms with E-state index in [1.165, 1.54) is 12.8 Å². The van der Waals surface area contributed by atoms with Crippen molar-refractivity contribution < 1.29 is 9.90 Å². The molecule has 0 unspecified atom stereocenters. The molecule has 1 saturated carbocycles. The second-order valence-corrected chi connectivity index (χ2v) is 5.61. The van der Waals surface area contributed by atoms with Gasteiger partial charge in [-0.15, -0.1) is 0 Å². The van der Waals surface area contributed by atoms with Gasteiger partial charge < -0.3 is 10.4 Å². The van der Waals surface area contributed by atoms with Crippen molar-refractivity contribution in [1.29, 1.82) is 0 Å². The van der Waals surface area contributed by atoms with Crippen LogP contribution >= 0.6 is 11.6 Å². The molecule has 0 saturated heterocycles. The van der Waals surface area contributed by atoms with Gasteiger partial charge in [-0.3, -0.25) is 0 Å². The minimum absolute atomic E-state index is 0.101. The molecule has 1 aliphatic carbocycles. The van der Waals surface area contributed by atoms with Gasteiger partial charge in [0.2, 0.25) is 0 Å². The van der Waals surface area contributed by atoms with Gasteiger partial charge in [0, 0.05) is 6.54 Å². The van der Waals surface area contributed by atoms with E-state index in [0.717, 1.165) is 6.54 Å². The minimum Gasteiger partial charge on any atom is -0.476 e. The first-order valence-corrected chi connectivity index (χ1v) is 6.46. The summed E-state index contributed by atoms with van der Waals surface area (Å²) in [6.07, 6.45) is 2.44. The Morgan fingerprint density at radius 3 is 2.72 bits per heavy atom. The fourth-order valence-electron chi connectivity index (χ4n) is 2.08. The minimum atomic E-state index is -1.10. The Labute approximate surface area is 111 Å². The number of anilines is 1. The van der Waals surface area contributed by atoms with Crippen LogP contribution < -0.4 is 5.32 Å². The van der Waals surface area contributed by atoms with Crippen molar-refractivity contribution in [1.82, 2.24) is 4.98 Å². The number of hydrogen-bond donors (Lipinski definition) is 2. The lowest BCUT2D eigenvalue weighted by atomic mass is 9.92. The Morgan fingerprint density at radius 2 is 2.22 bits per heavy atom.